The second kappa shape index (κ2) is 4.43. The highest BCUT2D eigenvalue weighted by Crippen LogP contribution is 2.36. The Hall–Kier alpha value is -0.370. The minimum absolute atomic E-state index is 0.518. The Balaban J connectivity index is 2.12. The molecule has 1 aliphatic heterocycles. The Morgan fingerprint density at radius 3 is 3.21 bits per heavy atom. The molecule has 1 saturated heterocycles. The SMILES string of the molecule is [CH2]/C=C1/NC2C=CCCC2SC1C[CH2]. The van der Waals surface area contributed by atoms with Gasteiger partial charge in [0.05, 0.1) is 6.04 Å². The fourth-order valence-electron chi connectivity index (χ4n) is 2.08. The highest BCUT2D eigenvalue weighted by atomic mass is 32.2. The molecule has 1 N–H and O–H groups in total. The van der Waals surface area contributed by atoms with Crippen LogP contribution in [0.25, 0.3) is 0 Å². The van der Waals surface area contributed by atoms with Gasteiger partial charge in [-0.25, -0.2) is 0 Å². The molecule has 0 saturated carbocycles. The molecule has 76 valence electrons. The van der Waals surface area contributed by atoms with Crippen LogP contribution in [0, 0.1) is 13.8 Å². The maximum absolute atomic E-state index is 4.00. The molecule has 2 aliphatic rings. The van der Waals surface area contributed by atoms with Gasteiger partial charge in [-0.15, -0.1) is 11.8 Å². The molecule has 2 heteroatoms. The van der Waals surface area contributed by atoms with E-state index >= 15 is 0 Å². The molecular weight excluding hydrogens is 190 g/mol. The average Bonchev–Trinajstić information content (AvgIpc) is 2.27. The first-order valence-corrected chi connectivity index (χ1v) is 6.16. The second-order valence-corrected chi connectivity index (χ2v) is 5.23. The lowest BCUT2D eigenvalue weighted by Gasteiger charge is -2.39. The minimum Gasteiger partial charge on any atom is -0.380 e. The van der Waals surface area contributed by atoms with Crippen LogP contribution < -0.4 is 5.32 Å². The molecule has 0 aromatic rings. The number of fused-ring (bicyclic) bond motifs is 1. The maximum Gasteiger partial charge on any atom is 0.0560 e. The summed E-state index contributed by atoms with van der Waals surface area (Å²) in [5, 5.41) is 4.82. The van der Waals surface area contributed by atoms with Gasteiger partial charge in [0.1, 0.15) is 0 Å². The van der Waals surface area contributed by atoms with Crippen molar-refractivity contribution in [2.75, 3.05) is 0 Å². The van der Waals surface area contributed by atoms with Crippen LogP contribution in [0.3, 0.4) is 0 Å². The molecule has 14 heavy (non-hydrogen) atoms. The zero-order valence-corrected chi connectivity index (χ0v) is 9.22. The van der Waals surface area contributed by atoms with Crippen LogP contribution in [0.2, 0.25) is 0 Å². The number of hydrogen-bond donors (Lipinski definition) is 1. The Kier molecular flexibility index (Phi) is 3.22. The van der Waals surface area contributed by atoms with Crippen molar-refractivity contribution in [1.29, 1.82) is 0 Å². The predicted molar refractivity (Wildman–Crippen MR) is 63.9 cm³/mol. The fraction of sp³-hybridized carbons (Fsp3) is 0.500. The predicted octanol–water partition coefficient (Wildman–Crippen LogP) is 2.72. The van der Waals surface area contributed by atoms with Gasteiger partial charge in [-0.2, -0.15) is 0 Å². The second-order valence-electron chi connectivity index (χ2n) is 3.79. The van der Waals surface area contributed by atoms with E-state index < -0.39 is 0 Å². The monoisotopic (exact) mass is 207 g/mol. The van der Waals surface area contributed by atoms with E-state index in [1.807, 2.05) is 6.08 Å². The van der Waals surface area contributed by atoms with Gasteiger partial charge in [0.2, 0.25) is 0 Å². The Bertz CT molecular complexity index is 257. The lowest BCUT2D eigenvalue weighted by molar-refractivity contribution is 0.553. The third-order valence-electron chi connectivity index (χ3n) is 2.86. The Morgan fingerprint density at radius 2 is 2.50 bits per heavy atom. The summed E-state index contributed by atoms with van der Waals surface area (Å²) in [5.74, 6) is 0. The van der Waals surface area contributed by atoms with Crippen molar-refractivity contribution in [3.63, 3.8) is 0 Å². The van der Waals surface area contributed by atoms with Gasteiger partial charge in [0, 0.05) is 16.2 Å². The van der Waals surface area contributed by atoms with Crippen LogP contribution in [0.15, 0.2) is 23.9 Å². The van der Waals surface area contributed by atoms with Gasteiger partial charge in [-0.05, 0) is 26.2 Å². The highest BCUT2D eigenvalue weighted by Gasteiger charge is 2.31. The molecule has 1 fully saturated rings. The first-order chi connectivity index (χ1) is 6.85. The molecule has 0 amide bonds. The molecular formula is C12H17NS. The number of rotatable bonds is 1. The Labute approximate surface area is 91.0 Å². The first kappa shape index (κ1) is 10.2. The first-order valence-electron chi connectivity index (χ1n) is 5.22. The lowest BCUT2D eigenvalue weighted by atomic mass is 10.0. The van der Waals surface area contributed by atoms with Crippen molar-refractivity contribution in [2.45, 2.75) is 35.8 Å². The van der Waals surface area contributed by atoms with Gasteiger partial charge < -0.3 is 5.32 Å². The van der Waals surface area contributed by atoms with Crippen LogP contribution in [0.1, 0.15) is 19.3 Å². The lowest BCUT2D eigenvalue weighted by Crippen LogP contribution is -2.45. The van der Waals surface area contributed by atoms with Crippen LogP contribution in [-0.2, 0) is 0 Å². The van der Waals surface area contributed by atoms with Gasteiger partial charge in [0.25, 0.3) is 0 Å². The molecule has 1 nitrogen and oxygen atoms in total. The summed E-state index contributed by atoms with van der Waals surface area (Å²) in [6.07, 6.45) is 9.99. The van der Waals surface area contributed by atoms with Crippen molar-refractivity contribution in [1.82, 2.24) is 5.32 Å². The molecule has 2 radical (unpaired) electrons. The summed E-state index contributed by atoms with van der Waals surface area (Å²) >= 11 is 2.06. The summed E-state index contributed by atoms with van der Waals surface area (Å²) in [6.45, 7) is 7.85. The minimum atomic E-state index is 0.518. The van der Waals surface area contributed by atoms with E-state index in [9.17, 15) is 0 Å². The molecule has 0 bridgehead atoms. The zero-order chi connectivity index (χ0) is 9.97. The standard InChI is InChI=1S/C12H17NS/c1-3-9-11(4-2)14-12-8-6-5-7-10(12)13-9/h3,5,7,10-13H,1-2,4,6,8H2/b9-3+. The smallest absolute Gasteiger partial charge is 0.0560 e. The molecule has 0 aromatic heterocycles. The molecule has 0 aromatic carbocycles. The fourth-order valence-corrected chi connectivity index (χ4v) is 3.55. The van der Waals surface area contributed by atoms with Crippen molar-refractivity contribution in [3.8, 4) is 0 Å². The molecule has 1 aliphatic carbocycles. The number of allylic oxidation sites excluding steroid dienone is 2. The average molecular weight is 207 g/mol. The van der Waals surface area contributed by atoms with Crippen LogP contribution in [0.5, 0.6) is 0 Å². The third kappa shape index (κ3) is 1.85. The maximum atomic E-state index is 4.00. The molecule has 2 rings (SSSR count). The van der Waals surface area contributed by atoms with Crippen LogP contribution in [0.4, 0.5) is 0 Å². The normalized spacial score (nSPS) is 39.3. The highest BCUT2D eigenvalue weighted by molar-refractivity contribution is 8.00. The Morgan fingerprint density at radius 1 is 1.64 bits per heavy atom. The number of hydrogen-bond acceptors (Lipinski definition) is 2. The van der Waals surface area contributed by atoms with Crippen molar-refractivity contribution in [3.05, 3.63) is 37.8 Å². The van der Waals surface area contributed by atoms with Gasteiger partial charge >= 0.3 is 0 Å². The summed E-state index contributed by atoms with van der Waals surface area (Å²) in [5.41, 5.74) is 1.26. The summed E-state index contributed by atoms with van der Waals surface area (Å²) in [6, 6.07) is 0.518. The number of nitrogens with one attached hydrogen (secondary N) is 1. The van der Waals surface area contributed by atoms with Crippen LogP contribution in [-0.4, -0.2) is 16.5 Å². The van der Waals surface area contributed by atoms with E-state index in [4.69, 9.17) is 0 Å². The van der Waals surface area contributed by atoms with E-state index in [0.717, 1.165) is 11.7 Å². The molecule has 3 unspecified atom stereocenters. The van der Waals surface area contributed by atoms with E-state index in [1.165, 1.54) is 18.5 Å². The van der Waals surface area contributed by atoms with E-state index in [1.54, 1.807) is 0 Å². The largest absolute Gasteiger partial charge is 0.380 e. The molecule has 0 spiro atoms. The number of thioether (sulfide) groups is 1. The third-order valence-corrected chi connectivity index (χ3v) is 4.56. The van der Waals surface area contributed by atoms with Crippen LogP contribution >= 0.6 is 11.8 Å². The van der Waals surface area contributed by atoms with Crippen molar-refractivity contribution >= 4 is 11.8 Å². The summed E-state index contributed by atoms with van der Waals surface area (Å²) < 4.78 is 0. The van der Waals surface area contributed by atoms with E-state index in [-0.39, 0.29) is 0 Å². The molecule has 1 heterocycles. The van der Waals surface area contributed by atoms with Gasteiger partial charge in [-0.3, -0.25) is 0 Å². The van der Waals surface area contributed by atoms with E-state index in [0.29, 0.717) is 11.3 Å². The van der Waals surface area contributed by atoms with E-state index in [2.05, 4.69) is 43.1 Å². The topological polar surface area (TPSA) is 12.0 Å². The van der Waals surface area contributed by atoms with Crippen molar-refractivity contribution < 1.29 is 0 Å². The summed E-state index contributed by atoms with van der Waals surface area (Å²) in [7, 11) is 0. The zero-order valence-electron chi connectivity index (χ0n) is 8.41. The van der Waals surface area contributed by atoms with Gasteiger partial charge in [-0.1, -0.05) is 25.2 Å². The van der Waals surface area contributed by atoms with Gasteiger partial charge in [0.15, 0.2) is 0 Å². The quantitative estimate of drug-likeness (QED) is 0.664. The molecule has 3 atom stereocenters. The summed E-state index contributed by atoms with van der Waals surface area (Å²) in [4.78, 5) is 0. The van der Waals surface area contributed by atoms with Crippen molar-refractivity contribution in [2.24, 2.45) is 0 Å².